The van der Waals surface area contributed by atoms with Gasteiger partial charge in [-0.15, -0.1) is 0 Å². The van der Waals surface area contributed by atoms with E-state index in [1.807, 2.05) is 6.92 Å². The van der Waals surface area contributed by atoms with Crippen molar-refractivity contribution in [2.75, 3.05) is 0 Å². The second kappa shape index (κ2) is 4.95. The molecule has 0 nitrogen and oxygen atoms in total. The lowest BCUT2D eigenvalue weighted by atomic mass is 10.0. The van der Waals surface area contributed by atoms with Crippen molar-refractivity contribution >= 4 is 0 Å². The Labute approximate surface area is 70.3 Å². The molecule has 0 unspecified atom stereocenters. The van der Waals surface area contributed by atoms with Crippen molar-refractivity contribution in [1.29, 1.82) is 0 Å². The number of rotatable bonds is 3. The van der Waals surface area contributed by atoms with Crippen LogP contribution in [0.3, 0.4) is 0 Å². The predicted octanol–water partition coefficient (Wildman–Crippen LogP) is 3.87. The van der Waals surface area contributed by atoms with E-state index in [4.69, 9.17) is 0 Å². The van der Waals surface area contributed by atoms with E-state index in [1.165, 1.54) is 16.7 Å². The van der Waals surface area contributed by atoms with Crippen molar-refractivity contribution in [3.8, 4) is 0 Å². The Balaban J connectivity index is 4.67. The topological polar surface area (TPSA) is 0 Å². The van der Waals surface area contributed by atoms with E-state index < -0.39 is 0 Å². The molecule has 62 valence electrons. The highest BCUT2D eigenvalue weighted by molar-refractivity contribution is 5.35. The fourth-order valence-electron chi connectivity index (χ4n) is 1.27. The Kier molecular flexibility index (Phi) is 4.60. The van der Waals surface area contributed by atoms with Crippen LogP contribution in [0.1, 0.15) is 34.1 Å². The Hall–Kier alpha value is -0.780. The molecule has 0 heteroatoms. The van der Waals surface area contributed by atoms with Gasteiger partial charge in [-0.3, -0.25) is 0 Å². The summed E-state index contributed by atoms with van der Waals surface area (Å²) >= 11 is 0. The molecule has 0 N–H and O–H groups in total. The zero-order valence-corrected chi connectivity index (χ0v) is 8.07. The van der Waals surface area contributed by atoms with E-state index in [9.17, 15) is 0 Å². The summed E-state index contributed by atoms with van der Waals surface area (Å²) in [5.74, 6) is 0. The predicted molar refractivity (Wildman–Crippen MR) is 52.6 cm³/mol. The molecule has 0 spiro atoms. The Bertz CT molecular complexity index is 192. The molecule has 11 heavy (non-hydrogen) atoms. The van der Waals surface area contributed by atoms with Gasteiger partial charge in [-0.1, -0.05) is 31.2 Å². The second-order valence-corrected chi connectivity index (χ2v) is 2.80. The molecule has 0 saturated carbocycles. The Morgan fingerprint density at radius 1 is 1.36 bits per heavy atom. The molecule has 0 fully saturated rings. The van der Waals surface area contributed by atoms with Crippen LogP contribution in [0.15, 0.2) is 35.5 Å². The molecule has 0 saturated heterocycles. The first-order valence-corrected chi connectivity index (χ1v) is 4.11. The maximum Gasteiger partial charge on any atom is -0.0302 e. The standard InChI is InChI=1S/C11H18/c1-6-8-10(5)11(7-2)9(3)4/h6,8H,3,7H2,1-2,4-5H3/b8-6-,11-10-. The van der Waals surface area contributed by atoms with E-state index in [2.05, 4.69) is 39.5 Å². The molecular weight excluding hydrogens is 132 g/mol. The van der Waals surface area contributed by atoms with Crippen LogP contribution in [-0.4, -0.2) is 0 Å². The van der Waals surface area contributed by atoms with Crippen molar-refractivity contribution in [3.05, 3.63) is 35.5 Å². The second-order valence-electron chi connectivity index (χ2n) is 2.80. The minimum Gasteiger partial charge on any atom is -0.0958 e. The van der Waals surface area contributed by atoms with Crippen molar-refractivity contribution in [2.45, 2.75) is 34.1 Å². The molecule has 0 aliphatic heterocycles. The summed E-state index contributed by atoms with van der Waals surface area (Å²) in [6.45, 7) is 12.3. The molecule has 0 bridgehead atoms. The lowest BCUT2D eigenvalue weighted by Crippen LogP contribution is -1.85. The summed E-state index contributed by atoms with van der Waals surface area (Å²) in [6, 6.07) is 0. The first-order chi connectivity index (χ1) is 5.13. The van der Waals surface area contributed by atoms with E-state index in [0.717, 1.165) is 6.42 Å². The molecule has 0 radical (unpaired) electrons. The SMILES string of the molecule is C=C(C)/C(CC)=C(C)\C=C/C. The van der Waals surface area contributed by atoms with Gasteiger partial charge in [-0.05, 0) is 38.3 Å². The minimum atomic E-state index is 1.07. The van der Waals surface area contributed by atoms with Gasteiger partial charge < -0.3 is 0 Å². The zero-order valence-electron chi connectivity index (χ0n) is 8.07. The van der Waals surface area contributed by atoms with Crippen LogP contribution in [0.25, 0.3) is 0 Å². The summed E-state index contributed by atoms with van der Waals surface area (Å²) in [7, 11) is 0. The zero-order chi connectivity index (χ0) is 8.85. The van der Waals surface area contributed by atoms with E-state index in [-0.39, 0.29) is 0 Å². The molecule has 0 amide bonds. The van der Waals surface area contributed by atoms with Crippen LogP contribution in [0.5, 0.6) is 0 Å². The Morgan fingerprint density at radius 3 is 2.18 bits per heavy atom. The van der Waals surface area contributed by atoms with Gasteiger partial charge in [-0.2, -0.15) is 0 Å². The van der Waals surface area contributed by atoms with Crippen LogP contribution >= 0.6 is 0 Å². The number of hydrogen-bond acceptors (Lipinski definition) is 0. The molecule has 0 aliphatic carbocycles. The highest BCUT2D eigenvalue weighted by Crippen LogP contribution is 2.16. The maximum absolute atomic E-state index is 3.94. The smallest absolute Gasteiger partial charge is 0.0302 e. The quantitative estimate of drug-likeness (QED) is 0.536. The van der Waals surface area contributed by atoms with E-state index >= 15 is 0 Å². The van der Waals surface area contributed by atoms with Crippen LogP contribution < -0.4 is 0 Å². The lowest BCUT2D eigenvalue weighted by Gasteiger charge is -2.05. The highest BCUT2D eigenvalue weighted by atomic mass is 14.0. The molecule has 0 atom stereocenters. The van der Waals surface area contributed by atoms with Gasteiger partial charge in [0.2, 0.25) is 0 Å². The Morgan fingerprint density at radius 2 is 1.91 bits per heavy atom. The average Bonchev–Trinajstić information content (AvgIpc) is 1.88. The fourth-order valence-corrected chi connectivity index (χ4v) is 1.27. The molecule has 0 heterocycles. The van der Waals surface area contributed by atoms with Crippen LogP contribution in [0, 0.1) is 0 Å². The highest BCUT2D eigenvalue weighted by Gasteiger charge is 1.96. The third-order valence-corrected chi connectivity index (χ3v) is 1.76. The molecule has 0 rings (SSSR count). The van der Waals surface area contributed by atoms with Gasteiger partial charge in [0.25, 0.3) is 0 Å². The summed E-state index contributed by atoms with van der Waals surface area (Å²) in [5.41, 5.74) is 3.90. The molecule has 0 aromatic rings. The summed E-state index contributed by atoms with van der Waals surface area (Å²) < 4.78 is 0. The summed E-state index contributed by atoms with van der Waals surface area (Å²) in [5, 5.41) is 0. The van der Waals surface area contributed by atoms with Crippen molar-refractivity contribution in [1.82, 2.24) is 0 Å². The number of hydrogen-bond donors (Lipinski definition) is 0. The van der Waals surface area contributed by atoms with Crippen molar-refractivity contribution in [2.24, 2.45) is 0 Å². The normalized spacial score (nSPS) is 13.5. The van der Waals surface area contributed by atoms with Gasteiger partial charge in [0.05, 0.1) is 0 Å². The average molecular weight is 150 g/mol. The van der Waals surface area contributed by atoms with E-state index in [0.29, 0.717) is 0 Å². The van der Waals surface area contributed by atoms with Gasteiger partial charge >= 0.3 is 0 Å². The molecule has 0 aromatic carbocycles. The first kappa shape index (κ1) is 10.2. The third kappa shape index (κ3) is 3.22. The molecule has 0 aliphatic rings. The monoisotopic (exact) mass is 150 g/mol. The van der Waals surface area contributed by atoms with Gasteiger partial charge in [0.15, 0.2) is 0 Å². The van der Waals surface area contributed by atoms with E-state index in [1.54, 1.807) is 0 Å². The van der Waals surface area contributed by atoms with Crippen molar-refractivity contribution < 1.29 is 0 Å². The van der Waals surface area contributed by atoms with Gasteiger partial charge in [-0.25, -0.2) is 0 Å². The first-order valence-electron chi connectivity index (χ1n) is 4.11. The molecular formula is C11H18. The number of allylic oxidation sites excluding steroid dienone is 5. The van der Waals surface area contributed by atoms with Crippen molar-refractivity contribution in [3.63, 3.8) is 0 Å². The third-order valence-electron chi connectivity index (χ3n) is 1.76. The van der Waals surface area contributed by atoms with Gasteiger partial charge in [0.1, 0.15) is 0 Å². The summed E-state index contributed by atoms with van der Waals surface area (Å²) in [4.78, 5) is 0. The fraction of sp³-hybridized carbons (Fsp3) is 0.455. The van der Waals surface area contributed by atoms with Gasteiger partial charge in [0, 0.05) is 0 Å². The van der Waals surface area contributed by atoms with Crippen LogP contribution in [0.4, 0.5) is 0 Å². The van der Waals surface area contributed by atoms with Crippen LogP contribution in [-0.2, 0) is 0 Å². The maximum atomic E-state index is 3.94. The largest absolute Gasteiger partial charge is 0.0958 e. The minimum absolute atomic E-state index is 1.07. The molecule has 0 aromatic heterocycles. The van der Waals surface area contributed by atoms with Crippen LogP contribution in [0.2, 0.25) is 0 Å². The lowest BCUT2D eigenvalue weighted by molar-refractivity contribution is 1.08. The summed E-state index contributed by atoms with van der Waals surface area (Å²) in [6.07, 6.45) is 5.27.